The zero-order chi connectivity index (χ0) is 13.7. The first-order chi connectivity index (χ1) is 9.22. The molecule has 6 heteroatoms. The number of para-hydroxylation sites is 1. The largest absolute Gasteiger partial charge is 0.375 e. The summed E-state index contributed by atoms with van der Waals surface area (Å²) in [7, 11) is 0. The van der Waals surface area contributed by atoms with Crippen molar-refractivity contribution in [1.29, 1.82) is 5.26 Å². The van der Waals surface area contributed by atoms with Gasteiger partial charge < -0.3 is 5.32 Å². The number of nitrogens with zero attached hydrogens (tertiary/aromatic N) is 3. The maximum atomic E-state index is 11.0. The van der Waals surface area contributed by atoms with Crippen LogP contribution in [0.5, 0.6) is 0 Å². The predicted molar refractivity (Wildman–Crippen MR) is 69.4 cm³/mol. The summed E-state index contributed by atoms with van der Waals surface area (Å²) in [6, 6.07) is 10.1. The van der Waals surface area contributed by atoms with Gasteiger partial charge in [0.2, 0.25) is 0 Å². The summed E-state index contributed by atoms with van der Waals surface area (Å²) in [5.41, 5.74) is 1.14. The number of hydrogen-bond donors (Lipinski definition) is 1. The predicted octanol–water partition coefficient (Wildman–Crippen LogP) is 2.47. The summed E-state index contributed by atoms with van der Waals surface area (Å²) in [5.74, 6) is 0. The number of anilines is 1. The Kier molecular flexibility index (Phi) is 3.69. The molecule has 0 unspecified atom stereocenters. The Morgan fingerprint density at radius 1 is 1.32 bits per heavy atom. The molecule has 0 saturated carbocycles. The maximum Gasteiger partial charge on any atom is 0.309 e. The molecule has 0 aliphatic carbocycles. The molecule has 2 rings (SSSR count). The van der Waals surface area contributed by atoms with Crippen LogP contribution in [0.1, 0.15) is 11.1 Å². The lowest BCUT2D eigenvalue weighted by atomic mass is 10.1. The Labute approximate surface area is 109 Å². The number of nitriles is 1. The van der Waals surface area contributed by atoms with Crippen LogP contribution in [-0.4, -0.2) is 9.91 Å². The van der Waals surface area contributed by atoms with Crippen molar-refractivity contribution in [3.05, 3.63) is 64.0 Å². The minimum absolute atomic E-state index is 0.0460. The zero-order valence-electron chi connectivity index (χ0n) is 9.91. The molecule has 0 bridgehead atoms. The lowest BCUT2D eigenvalue weighted by molar-refractivity contribution is -0.384. The zero-order valence-corrected chi connectivity index (χ0v) is 9.91. The highest BCUT2D eigenvalue weighted by atomic mass is 16.6. The fourth-order valence-electron chi connectivity index (χ4n) is 1.67. The van der Waals surface area contributed by atoms with E-state index in [2.05, 4.69) is 10.3 Å². The second-order valence-corrected chi connectivity index (χ2v) is 3.78. The van der Waals surface area contributed by atoms with Gasteiger partial charge in [0.15, 0.2) is 0 Å². The van der Waals surface area contributed by atoms with E-state index in [-0.39, 0.29) is 11.3 Å². The van der Waals surface area contributed by atoms with Gasteiger partial charge in [-0.15, -0.1) is 0 Å². The molecule has 19 heavy (non-hydrogen) atoms. The molecule has 0 atom stereocenters. The standard InChI is InChI=1S/C13H10N4O2/c14-8-11-2-1-3-12(13(11)17(18)19)16-9-10-4-6-15-7-5-10/h1-7,16H,9H2. The van der Waals surface area contributed by atoms with Crippen LogP contribution in [0.4, 0.5) is 11.4 Å². The van der Waals surface area contributed by atoms with Gasteiger partial charge in [-0.2, -0.15) is 5.26 Å². The van der Waals surface area contributed by atoms with Crippen molar-refractivity contribution >= 4 is 11.4 Å². The van der Waals surface area contributed by atoms with Crippen LogP contribution in [0, 0.1) is 21.4 Å². The second-order valence-electron chi connectivity index (χ2n) is 3.78. The van der Waals surface area contributed by atoms with E-state index in [0.29, 0.717) is 12.2 Å². The van der Waals surface area contributed by atoms with Gasteiger partial charge in [-0.1, -0.05) is 6.07 Å². The van der Waals surface area contributed by atoms with Crippen molar-refractivity contribution in [2.45, 2.75) is 6.54 Å². The number of aromatic nitrogens is 1. The number of nitrogens with one attached hydrogen (secondary N) is 1. The summed E-state index contributed by atoms with van der Waals surface area (Å²) >= 11 is 0. The normalized spacial score (nSPS) is 9.63. The van der Waals surface area contributed by atoms with Crippen LogP contribution in [-0.2, 0) is 6.54 Å². The van der Waals surface area contributed by atoms with E-state index in [0.717, 1.165) is 5.56 Å². The highest BCUT2D eigenvalue weighted by Gasteiger charge is 2.18. The Bertz CT molecular complexity index is 635. The molecule has 0 radical (unpaired) electrons. The van der Waals surface area contributed by atoms with Crippen LogP contribution in [0.3, 0.4) is 0 Å². The molecule has 0 aliphatic rings. The summed E-state index contributed by atoms with van der Waals surface area (Å²) in [4.78, 5) is 14.4. The van der Waals surface area contributed by atoms with E-state index in [9.17, 15) is 10.1 Å². The molecule has 1 N–H and O–H groups in total. The van der Waals surface area contributed by atoms with Crippen molar-refractivity contribution in [3.63, 3.8) is 0 Å². The maximum absolute atomic E-state index is 11.0. The van der Waals surface area contributed by atoms with E-state index < -0.39 is 4.92 Å². The number of nitro groups is 1. The first-order valence-corrected chi connectivity index (χ1v) is 5.52. The van der Waals surface area contributed by atoms with E-state index in [4.69, 9.17) is 5.26 Å². The molecule has 1 heterocycles. The SMILES string of the molecule is N#Cc1cccc(NCc2ccncc2)c1[N+](=O)[O-]. The summed E-state index contributed by atoms with van der Waals surface area (Å²) in [5, 5.41) is 22.9. The number of rotatable bonds is 4. The van der Waals surface area contributed by atoms with Crippen molar-refractivity contribution in [1.82, 2.24) is 4.98 Å². The molecule has 94 valence electrons. The average molecular weight is 254 g/mol. The van der Waals surface area contributed by atoms with E-state index in [1.807, 2.05) is 18.2 Å². The van der Waals surface area contributed by atoms with Gasteiger partial charge in [0, 0.05) is 18.9 Å². The lowest BCUT2D eigenvalue weighted by Crippen LogP contribution is -2.04. The molecule has 6 nitrogen and oxygen atoms in total. The molecule has 0 spiro atoms. The number of benzene rings is 1. The molecule has 0 fully saturated rings. The highest BCUT2D eigenvalue weighted by molar-refractivity contribution is 5.68. The Morgan fingerprint density at radius 3 is 2.68 bits per heavy atom. The van der Waals surface area contributed by atoms with E-state index >= 15 is 0 Å². The van der Waals surface area contributed by atoms with Gasteiger partial charge in [-0.05, 0) is 29.8 Å². The van der Waals surface area contributed by atoms with Crippen molar-refractivity contribution in [3.8, 4) is 6.07 Å². The Balaban J connectivity index is 2.26. The van der Waals surface area contributed by atoms with Gasteiger partial charge in [0.25, 0.3) is 0 Å². The van der Waals surface area contributed by atoms with E-state index in [1.54, 1.807) is 24.5 Å². The van der Waals surface area contributed by atoms with Gasteiger partial charge >= 0.3 is 5.69 Å². The minimum Gasteiger partial charge on any atom is -0.375 e. The van der Waals surface area contributed by atoms with Crippen molar-refractivity contribution in [2.24, 2.45) is 0 Å². The Morgan fingerprint density at radius 2 is 2.05 bits per heavy atom. The fraction of sp³-hybridized carbons (Fsp3) is 0.0769. The first-order valence-electron chi connectivity index (χ1n) is 5.52. The molecule has 0 amide bonds. The second kappa shape index (κ2) is 5.60. The van der Waals surface area contributed by atoms with Gasteiger partial charge in [0.1, 0.15) is 17.3 Å². The molecular formula is C13H10N4O2. The van der Waals surface area contributed by atoms with Crippen molar-refractivity contribution in [2.75, 3.05) is 5.32 Å². The van der Waals surface area contributed by atoms with Crippen LogP contribution in [0.25, 0.3) is 0 Å². The van der Waals surface area contributed by atoms with Crippen LogP contribution in [0.15, 0.2) is 42.7 Å². The summed E-state index contributed by atoms with van der Waals surface area (Å²) < 4.78 is 0. The number of nitro benzene ring substituents is 1. The lowest BCUT2D eigenvalue weighted by Gasteiger charge is -2.07. The van der Waals surface area contributed by atoms with E-state index in [1.165, 1.54) is 6.07 Å². The monoisotopic (exact) mass is 254 g/mol. The number of pyridine rings is 1. The third-order valence-electron chi connectivity index (χ3n) is 2.57. The Hall–Kier alpha value is -2.94. The topological polar surface area (TPSA) is 91.8 Å². The quantitative estimate of drug-likeness (QED) is 0.668. The highest BCUT2D eigenvalue weighted by Crippen LogP contribution is 2.28. The molecular weight excluding hydrogens is 244 g/mol. The van der Waals surface area contributed by atoms with Crippen LogP contribution in [0.2, 0.25) is 0 Å². The molecule has 1 aromatic heterocycles. The van der Waals surface area contributed by atoms with Gasteiger partial charge in [-0.25, -0.2) is 0 Å². The van der Waals surface area contributed by atoms with Crippen LogP contribution < -0.4 is 5.32 Å². The molecule has 0 saturated heterocycles. The third-order valence-corrected chi connectivity index (χ3v) is 2.57. The van der Waals surface area contributed by atoms with Crippen LogP contribution >= 0.6 is 0 Å². The molecule has 2 aromatic rings. The van der Waals surface area contributed by atoms with Crippen molar-refractivity contribution < 1.29 is 4.92 Å². The van der Waals surface area contributed by atoms with Gasteiger partial charge in [0.05, 0.1) is 4.92 Å². The smallest absolute Gasteiger partial charge is 0.309 e. The first kappa shape index (κ1) is 12.5. The fourth-order valence-corrected chi connectivity index (χ4v) is 1.67. The molecule has 0 aliphatic heterocycles. The van der Waals surface area contributed by atoms with Gasteiger partial charge in [-0.3, -0.25) is 15.1 Å². The summed E-state index contributed by atoms with van der Waals surface area (Å²) in [6.07, 6.45) is 3.30. The average Bonchev–Trinajstić information content (AvgIpc) is 2.45. The minimum atomic E-state index is -0.548. The molecule has 1 aromatic carbocycles. The third kappa shape index (κ3) is 2.84. The summed E-state index contributed by atoms with van der Waals surface area (Å²) in [6.45, 7) is 0.429. The number of hydrogen-bond acceptors (Lipinski definition) is 5.